The van der Waals surface area contributed by atoms with Crippen molar-refractivity contribution in [2.24, 2.45) is 0 Å². The molecule has 0 aliphatic rings. The number of benzene rings is 1. The fourth-order valence-electron chi connectivity index (χ4n) is 1.38. The van der Waals surface area contributed by atoms with Gasteiger partial charge < -0.3 is 5.32 Å². The van der Waals surface area contributed by atoms with Gasteiger partial charge in [0.2, 0.25) is 0 Å². The van der Waals surface area contributed by atoms with Crippen LogP contribution in [0.2, 0.25) is 0 Å². The lowest BCUT2D eigenvalue weighted by Gasteiger charge is -2.03. The van der Waals surface area contributed by atoms with Gasteiger partial charge in [-0.05, 0) is 20.0 Å². The summed E-state index contributed by atoms with van der Waals surface area (Å²) in [6, 6.07) is 4.74. The van der Waals surface area contributed by atoms with Crippen LogP contribution >= 0.6 is 0 Å². The molecule has 5 heteroatoms. The number of hydrogen-bond acceptors (Lipinski definition) is 4. The number of rotatable bonds is 4. The fourth-order valence-corrected chi connectivity index (χ4v) is 1.38. The standard InChI is InChI=1S/C10H12N2O3/c1-7-4-3-5-8(9(13)6-11-2)10(7)12(14)15/h3-5,11H,6H2,1-2H3. The van der Waals surface area contributed by atoms with E-state index >= 15 is 0 Å². The van der Waals surface area contributed by atoms with Crippen molar-refractivity contribution in [2.45, 2.75) is 6.92 Å². The lowest BCUT2D eigenvalue weighted by atomic mass is 10.0. The van der Waals surface area contributed by atoms with Crippen LogP contribution in [-0.2, 0) is 0 Å². The Bertz CT molecular complexity index is 402. The number of aryl methyl sites for hydroxylation is 1. The lowest BCUT2D eigenvalue weighted by molar-refractivity contribution is -0.385. The number of nitro groups is 1. The Morgan fingerprint density at radius 3 is 2.73 bits per heavy atom. The number of nitro benzene ring substituents is 1. The third kappa shape index (κ3) is 2.38. The van der Waals surface area contributed by atoms with Gasteiger partial charge in [0.25, 0.3) is 5.69 Å². The van der Waals surface area contributed by atoms with Crippen molar-refractivity contribution in [1.29, 1.82) is 0 Å². The van der Waals surface area contributed by atoms with Gasteiger partial charge in [0.1, 0.15) is 0 Å². The SMILES string of the molecule is CNCC(=O)c1cccc(C)c1[N+](=O)[O-]. The molecule has 15 heavy (non-hydrogen) atoms. The number of carbonyl (C=O) groups excluding carboxylic acids is 1. The first-order valence-electron chi connectivity index (χ1n) is 4.49. The van der Waals surface area contributed by atoms with E-state index in [1.54, 1.807) is 26.1 Å². The Balaban J connectivity index is 3.23. The van der Waals surface area contributed by atoms with Crippen molar-refractivity contribution < 1.29 is 9.72 Å². The Labute approximate surface area is 87.3 Å². The minimum absolute atomic E-state index is 0.0993. The van der Waals surface area contributed by atoms with Crippen LogP contribution in [0.3, 0.4) is 0 Å². The number of carbonyl (C=O) groups is 1. The molecule has 0 saturated carbocycles. The van der Waals surface area contributed by atoms with Gasteiger partial charge in [0.15, 0.2) is 5.78 Å². The molecule has 0 amide bonds. The molecule has 0 aliphatic carbocycles. The maximum absolute atomic E-state index is 11.6. The van der Waals surface area contributed by atoms with Crippen LogP contribution in [0.5, 0.6) is 0 Å². The minimum Gasteiger partial charge on any atom is -0.313 e. The van der Waals surface area contributed by atoms with Gasteiger partial charge in [0.05, 0.1) is 17.0 Å². The highest BCUT2D eigenvalue weighted by Crippen LogP contribution is 2.23. The Kier molecular flexibility index (Phi) is 3.51. The zero-order valence-corrected chi connectivity index (χ0v) is 8.61. The second-order valence-electron chi connectivity index (χ2n) is 3.18. The molecule has 5 nitrogen and oxygen atoms in total. The quantitative estimate of drug-likeness (QED) is 0.460. The number of nitrogens with one attached hydrogen (secondary N) is 1. The number of hydrogen-bond donors (Lipinski definition) is 1. The molecule has 0 unspecified atom stereocenters. The van der Waals surface area contributed by atoms with E-state index in [0.717, 1.165) is 0 Å². The number of likely N-dealkylation sites (N-methyl/N-ethyl adjacent to an activating group) is 1. The molecular formula is C10H12N2O3. The average Bonchev–Trinajstić information content (AvgIpc) is 2.17. The first-order valence-corrected chi connectivity index (χ1v) is 4.49. The van der Waals surface area contributed by atoms with E-state index in [4.69, 9.17) is 0 Å². The van der Waals surface area contributed by atoms with Crippen LogP contribution in [0, 0.1) is 17.0 Å². The molecule has 0 atom stereocenters. The summed E-state index contributed by atoms with van der Waals surface area (Å²) < 4.78 is 0. The highest BCUT2D eigenvalue weighted by Gasteiger charge is 2.21. The van der Waals surface area contributed by atoms with Gasteiger partial charge in [-0.3, -0.25) is 14.9 Å². The number of ketones is 1. The smallest absolute Gasteiger partial charge is 0.283 e. The van der Waals surface area contributed by atoms with Gasteiger partial charge in [-0.25, -0.2) is 0 Å². The van der Waals surface area contributed by atoms with Crippen molar-refractivity contribution in [3.8, 4) is 0 Å². The second-order valence-corrected chi connectivity index (χ2v) is 3.18. The first kappa shape index (κ1) is 11.3. The van der Waals surface area contributed by atoms with E-state index in [1.165, 1.54) is 6.07 Å². The monoisotopic (exact) mass is 208 g/mol. The number of para-hydroxylation sites is 1. The van der Waals surface area contributed by atoms with Crippen LogP contribution in [-0.4, -0.2) is 24.3 Å². The fraction of sp³-hybridized carbons (Fsp3) is 0.300. The van der Waals surface area contributed by atoms with E-state index < -0.39 is 4.92 Å². The molecule has 0 heterocycles. The van der Waals surface area contributed by atoms with Crippen molar-refractivity contribution in [2.75, 3.05) is 13.6 Å². The Hall–Kier alpha value is -1.75. The van der Waals surface area contributed by atoms with Crippen molar-refractivity contribution >= 4 is 11.5 Å². The second kappa shape index (κ2) is 4.65. The van der Waals surface area contributed by atoms with Crippen LogP contribution in [0.25, 0.3) is 0 Å². The van der Waals surface area contributed by atoms with Crippen LogP contribution < -0.4 is 5.32 Å². The van der Waals surface area contributed by atoms with Crippen LogP contribution in [0.4, 0.5) is 5.69 Å². The molecule has 0 bridgehead atoms. The summed E-state index contributed by atoms with van der Waals surface area (Å²) in [5.41, 5.74) is 0.564. The molecular weight excluding hydrogens is 196 g/mol. The van der Waals surface area contributed by atoms with Crippen molar-refractivity contribution in [1.82, 2.24) is 5.32 Å². The van der Waals surface area contributed by atoms with E-state index in [-0.39, 0.29) is 23.6 Å². The van der Waals surface area contributed by atoms with Crippen molar-refractivity contribution in [3.63, 3.8) is 0 Å². The molecule has 0 saturated heterocycles. The molecule has 0 spiro atoms. The largest absolute Gasteiger partial charge is 0.313 e. The molecule has 0 radical (unpaired) electrons. The van der Waals surface area contributed by atoms with Gasteiger partial charge in [0, 0.05) is 5.56 Å². The van der Waals surface area contributed by atoms with Crippen LogP contribution in [0.15, 0.2) is 18.2 Å². The number of nitrogens with zero attached hydrogens (tertiary/aromatic N) is 1. The minimum atomic E-state index is -0.516. The normalized spacial score (nSPS) is 10.0. The summed E-state index contributed by atoms with van der Waals surface area (Å²) in [5, 5.41) is 13.5. The molecule has 0 fully saturated rings. The van der Waals surface area contributed by atoms with Gasteiger partial charge in [-0.1, -0.05) is 12.1 Å². The predicted octanol–water partition coefficient (Wildman–Crippen LogP) is 1.31. The molecule has 1 rings (SSSR count). The first-order chi connectivity index (χ1) is 7.07. The molecule has 0 aliphatic heterocycles. The van der Waals surface area contributed by atoms with E-state index in [9.17, 15) is 14.9 Å². The zero-order chi connectivity index (χ0) is 11.4. The van der Waals surface area contributed by atoms with E-state index in [0.29, 0.717) is 5.56 Å². The molecule has 1 aromatic carbocycles. The summed E-state index contributed by atoms with van der Waals surface area (Å²) >= 11 is 0. The maximum atomic E-state index is 11.6. The summed E-state index contributed by atoms with van der Waals surface area (Å²) in [4.78, 5) is 21.8. The zero-order valence-electron chi connectivity index (χ0n) is 8.61. The molecule has 0 aromatic heterocycles. The number of Topliss-reactive ketones (excluding diaryl/α,β-unsaturated/α-hetero) is 1. The van der Waals surface area contributed by atoms with Gasteiger partial charge in [-0.2, -0.15) is 0 Å². The van der Waals surface area contributed by atoms with Gasteiger partial charge >= 0.3 is 0 Å². The predicted molar refractivity (Wildman–Crippen MR) is 56.1 cm³/mol. The Morgan fingerprint density at radius 2 is 2.20 bits per heavy atom. The van der Waals surface area contributed by atoms with Gasteiger partial charge in [-0.15, -0.1) is 0 Å². The highest BCUT2D eigenvalue weighted by atomic mass is 16.6. The summed E-state index contributed by atoms with van der Waals surface area (Å²) in [6.45, 7) is 1.72. The van der Waals surface area contributed by atoms with Crippen molar-refractivity contribution in [3.05, 3.63) is 39.4 Å². The summed E-state index contributed by atoms with van der Waals surface area (Å²) in [6.07, 6.45) is 0. The lowest BCUT2D eigenvalue weighted by Crippen LogP contribution is -2.19. The molecule has 1 aromatic rings. The third-order valence-corrected chi connectivity index (χ3v) is 2.06. The Morgan fingerprint density at radius 1 is 1.53 bits per heavy atom. The third-order valence-electron chi connectivity index (χ3n) is 2.06. The summed E-state index contributed by atoms with van der Waals surface area (Å²) in [5.74, 6) is -0.270. The molecule has 1 N–H and O–H groups in total. The van der Waals surface area contributed by atoms with Crippen LogP contribution in [0.1, 0.15) is 15.9 Å². The molecule has 80 valence electrons. The average molecular weight is 208 g/mol. The summed E-state index contributed by atoms with van der Waals surface area (Å²) in [7, 11) is 1.62. The maximum Gasteiger partial charge on any atom is 0.283 e. The van der Waals surface area contributed by atoms with E-state index in [1.807, 2.05) is 0 Å². The highest BCUT2D eigenvalue weighted by molar-refractivity contribution is 6.01. The van der Waals surface area contributed by atoms with E-state index in [2.05, 4.69) is 5.32 Å². The topological polar surface area (TPSA) is 72.2 Å².